The first kappa shape index (κ1) is 14.8. The fraction of sp³-hybridized carbons (Fsp3) is 0.0714. The molecule has 0 aliphatic heterocycles. The number of nitrogens with zero attached hydrogens (tertiary/aromatic N) is 1. The lowest BCUT2D eigenvalue weighted by molar-refractivity contribution is -0.385. The van der Waals surface area contributed by atoms with E-state index in [1.165, 1.54) is 36.4 Å². The molecule has 0 heterocycles. The molecule has 0 aliphatic rings. The number of aromatic hydroxyl groups is 1. The maximum atomic E-state index is 12.1. The number of benzene rings is 2. The third-order valence-corrected chi connectivity index (χ3v) is 3.17. The largest absolute Gasteiger partial charge is 0.508 e. The summed E-state index contributed by atoms with van der Waals surface area (Å²) in [7, 11) is 0. The Labute approximate surface area is 125 Å². The van der Waals surface area contributed by atoms with Crippen LogP contribution >= 0.6 is 11.6 Å². The number of carbonyl (C=O) groups is 1. The molecule has 2 aromatic carbocycles. The number of rotatable bonds is 3. The summed E-state index contributed by atoms with van der Waals surface area (Å²) >= 11 is 5.90. The molecule has 108 valence electrons. The maximum absolute atomic E-state index is 12.1. The minimum absolute atomic E-state index is 0.0100. The van der Waals surface area contributed by atoms with Gasteiger partial charge < -0.3 is 10.4 Å². The average Bonchev–Trinajstić information content (AvgIpc) is 2.41. The lowest BCUT2D eigenvalue weighted by Gasteiger charge is -2.08. The number of aryl methyl sites for hydroxylation is 1. The molecule has 1 amide bonds. The Balaban J connectivity index is 2.24. The maximum Gasteiger partial charge on any atom is 0.272 e. The van der Waals surface area contributed by atoms with Gasteiger partial charge in [-0.3, -0.25) is 14.9 Å². The van der Waals surface area contributed by atoms with Gasteiger partial charge in [-0.05, 0) is 31.2 Å². The number of phenolic OH excluding ortho intramolecular Hbond substituents is 1. The van der Waals surface area contributed by atoms with Gasteiger partial charge in [0.15, 0.2) is 0 Å². The summed E-state index contributed by atoms with van der Waals surface area (Å²) in [5.41, 5.74) is 0.969. The minimum Gasteiger partial charge on any atom is -0.508 e. The molecule has 0 radical (unpaired) electrons. The van der Waals surface area contributed by atoms with Crippen LogP contribution in [0.5, 0.6) is 5.75 Å². The van der Waals surface area contributed by atoms with Gasteiger partial charge in [0.2, 0.25) is 0 Å². The lowest BCUT2D eigenvalue weighted by Crippen LogP contribution is -2.12. The third-order valence-electron chi connectivity index (χ3n) is 2.86. The molecular weight excluding hydrogens is 296 g/mol. The van der Waals surface area contributed by atoms with Gasteiger partial charge in [-0.25, -0.2) is 0 Å². The van der Waals surface area contributed by atoms with Crippen molar-refractivity contribution in [3.63, 3.8) is 0 Å². The van der Waals surface area contributed by atoms with E-state index >= 15 is 0 Å². The molecule has 0 saturated carbocycles. The first-order valence-corrected chi connectivity index (χ1v) is 6.31. The topological polar surface area (TPSA) is 92.5 Å². The van der Waals surface area contributed by atoms with Gasteiger partial charge in [-0.2, -0.15) is 0 Å². The van der Waals surface area contributed by atoms with E-state index in [1.807, 2.05) is 0 Å². The number of nitrogens with one attached hydrogen (secondary N) is 1. The number of hydrogen-bond acceptors (Lipinski definition) is 4. The van der Waals surface area contributed by atoms with Crippen LogP contribution < -0.4 is 5.32 Å². The average molecular weight is 307 g/mol. The summed E-state index contributed by atoms with van der Waals surface area (Å²) in [6.07, 6.45) is 0. The van der Waals surface area contributed by atoms with Gasteiger partial charge in [0.25, 0.3) is 11.6 Å². The van der Waals surface area contributed by atoms with Crippen LogP contribution in [0.1, 0.15) is 15.9 Å². The molecule has 6 nitrogen and oxygen atoms in total. The Bertz CT molecular complexity index is 731. The second kappa shape index (κ2) is 5.80. The van der Waals surface area contributed by atoms with Crippen molar-refractivity contribution in [2.45, 2.75) is 6.92 Å². The van der Waals surface area contributed by atoms with Crippen LogP contribution in [0.4, 0.5) is 11.4 Å². The van der Waals surface area contributed by atoms with E-state index < -0.39 is 10.8 Å². The molecule has 0 aliphatic carbocycles. The molecule has 0 bridgehead atoms. The Morgan fingerprint density at radius 2 is 2.00 bits per heavy atom. The molecule has 0 aromatic heterocycles. The van der Waals surface area contributed by atoms with E-state index in [4.69, 9.17) is 11.6 Å². The van der Waals surface area contributed by atoms with Crippen LogP contribution in [0.25, 0.3) is 0 Å². The van der Waals surface area contributed by atoms with Gasteiger partial charge in [-0.15, -0.1) is 0 Å². The molecule has 0 fully saturated rings. The van der Waals surface area contributed by atoms with Gasteiger partial charge in [0.05, 0.1) is 15.6 Å². The predicted octanol–water partition coefficient (Wildman–Crippen LogP) is 3.51. The fourth-order valence-electron chi connectivity index (χ4n) is 1.80. The smallest absolute Gasteiger partial charge is 0.272 e. The van der Waals surface area contributed by atoms with Crippen molar-refractivity contribution >= 4 is 28.9 Å². The Morgan fingerprint density at radius 3 is 2.57 bits per heavy atom. The third kappa shape index (κ3) is 3.29. The van der Waals surface area contributed by atoms with Gasteiger partial charge in [0, 0.05) is 23.3 Å². The number of phenols is 1. The number of nitro groups is 1. The van der Waals surface area contributed by atoms with Crippen molar-refractivity contribution in [1.29, 1.82) is 0 Å². The normalized spacial score (nSPS) is 10.2. The zero-order valence-corrected chi connectivity index (χ0v) is 11.7. The van der Waals surface area contributed by atoms with Crippen molar-refractivity contribution < 1.29 is 14.8 Å². The fourth-order valence-corrected chi connectivity index (χ4v) is 2.02. The van der Waals surface area contributed by atoms with Crippen LogP contribution in [-0.2, 0) is 0 Å². The summed E-state index contributed by atoms with van der Waals surface area (Å²) in [6, 6.07) is 8.24. The van der Waals surface area contributed by atoms with E-state index in [2.05, 4.69) is 5.32 Å². The van der Waals surface area contributed by atoms with Crippen molar-refractivity contribution in [3.8, 4) is 5.75 Å². The highest BCUT2D eigenvalue weighted by molar-refractivity contribution is 6.34. The quantitative estimate of drug-likeness (QED) is 0.515. The molecular formula is C14H11ClN2O4. The Hall–Kier alpha value is -2.60. The monoisotopic (exact) mass is 306 g/mol. The standard InChI is InChI=1S/C14H11ClN2O4/c1-8-6-9(2-5-13(8)17(20)21)14(19)16-12-4-3-10(18)7-11(12)15/h2-7,18H,1H3,(H,16,19). The van der Waals surface area contributed by atoms with E-state index in [1.54, 1.807) is 6.92 Å². The summed E-state index contributed by atoms with van der Waals surface area (Å²) < 4.78 is 0. The van der Waals surface area contributed by atoms with E-state index in [9.17, 15) is 20.0 Å². The number of hydrogen-bond donors (Lipinski definition) is 2. The van der Waals surface area contributed by atoms with Crippen LogP contribution in [-0.4, -0.2) is 15.9 Å². The number of anilines is 1. The highest BCUT2D eigenvalue weighted by Crippen LogP contribution is 2.27. The highest BCUT2D eigenvalue weighted by Gasteiger charge is 2.14. The lowest BCUT2D eigenvalue weighted by atomic mass is 10.1. The molecule has 0 spiro atoms. The predicted molar refractivity (Wildman–Crippen MR) is 78.9 cm³/mol. The highest BCUT2D eigenvalue weighted by atomic mass is 35.5. The van der Waals surface area contributed by atoms with Crippen LogP contribution in [0.15, 0.2) is 36.4 Å². The first-order valence-electron chi connectivity index (χ1n) is 5.93. The molecule has 2 N–H and O–H groups in total. The van der Waals surface area contributed by atoms with Gasteiger partial charge >= 0.3 is 0 Å². The van der Waals surface area contributed by atoms with Gasteiger partial charge in [0.1, 0.15) is 5.75 Å². The van der Waals surface area contributed by atoms with Crippen LogP contribution in [0.2, 0.25) is 5.02 Å². The van der Waals surface area contributed by atoms with Crippen LogP contribution in [0.3, 0.4) is 0 Å². The molecule has 0 unspecified atom stereocenters. The number of amides is 1. The molecule has 2 aromatic rings. The van der Waals surface area contributed by atoms with Crippen molar-refractivity contribution in [2.75, 3.05) is 5.32 Å². The zero-order chi connectivity index (χ0) is 15.6. The summed E-state index contributed by atoms with van der Waals surface area (Å²) in [5, 5.41) is 22.8. The van der Waals surface area contributed by atoms with E-state index in [0.29, 0.717) is 11.3 Å². The number of halogens is 1. The molecule has 0 atom stereocenters. The zero-order valence-electron chi connectivity index (χ0n) is 11.0. The second-order valence-corrected chi connectivity index (χ2v) is 4.78. The van der Waals surface area contributed by atoms with Crippen molar-refractivity contribution in [2.24, 2.45) is 0 Å². The molecule has 2 rings (SSSR count). The first-order chi connectivity index (χ1) is 9.88. The minimum atomic E-state index is -0.506. The Morgan fingerprint density at radius 1 is 1.29 bits per heavy atom. The van der Waals surface area contributed by atoms with E-state index in [-0.39, 0.29) is 22.0 Å². The van der Waals surface area contributed by atoms with Crippen LogP contribution in [0, 0.1) is 17.0 Å². The molecule has 21 heavy (non-hydrogen) atoms. The van der Waals surface area contributed by atoms with Crippen molar-refractivity contribution in [1.82, 2.24) is 0 Å². The van der Waals surface area contributed by atoms with Crippen molar-refractivity contribution in [3.05, 3.63) is 62.7 Å². The summed E-state index contributed by atoms with van der Waals surface area (Å²) in [6.45, 7) is 1.56. The number of carbonyl (C=O) groups excluding carboxylic acids is 1. The molecule has 0 saturated heterocycles. The van der Waals surface area contributed by atoms with Gasteiger partial charge in [-0.1, -0.05) is 11.6 Å². The van der Waals surface area contributed by atoms with E-state index in [0.717, 1.165) is 0 Å². The summed E-state index contributed by atoms with van der Waals surface area (Å²) in [5.74, 6) is -0.454. The Kier molecular flexibility index (Phi) is 4.09. The number of nitro benzene ring substituents is 1. The SMILES string of the molecule is Cc1cc(C(=O)Nc2ccc(O)cc2Cl)ccc1[N+](=O)[O-]. The second-order valence-electron chi connectivity index (χ2n) is 4.38. The molecule has 7 heteroatoms. The summed E-state index contributed by atoms with van der Waals surface area (Å²) in [4.78, 5) is 22.3.